The molecule has 1 saturated carbocycles. The van der Waals surface area contributed by atoms with Crippen LogP contribution in [0.2, 0.25) is 0 Å². The standard InChI is InChI=1S/C19H36O/c1-2-3-4-5-6-7-8-12-15-19(20)17-16-18-13-10-9-11-14-18/h18H,2-17H2,1H3. The van der Waals surface area contributed by atoms with Gasteiger partial charge < -0.3 is 0 Å². The van der Waals surface area contributed by atoms with Crippen molar-refractivity contribution in [1.29, 1.82) is 0 Å². The Morgan fingerprint density at radius 1 is 0.800 bits per heavy atom. The third-order valence-corrected chi connectivity index (χ3v) is 4.87. The van der Waals surface area contributed by atoms with E-state index in [9.17, 15) is 4.79 Å². The summed E-state index contributed by atoms with van der Waals surface area (Å²) in [5.41, 5.74) is 0. The maximum Gasteiger partial charge on any atom is 0.132 e. The number of Topliss-reactive ketones (excluding diaryl/α,β-unsaturated/α-hetero) is 1. The average molecular weight is 280 g/mol. The second-order valence-electron chi connectivity index (χ2n) is 6.81. The molecule has 118 valence electrons. The van der Waals surface area contributed by atoms with E-state index >= 15 is 0 Å². The average Bonchev–Trinajstić information content (AvgIpc) is 2.49. The fraction of sp³-hybridized carbons (Fsp3) is 0.947. The highest BCUT2D eigenvalue weighted by Crippen LogP contribution is 2.27. The molecule has 0 amide bonds. The Morgan fingerprint density at radius 2 is 1.40 bits per heavy atom. The van der Waals surface area contributed by atoms with E-state index in [1.807, 2.05) is 0 Å². The molecule has 0 heterocycles. The van der Waals surface area contributed by atoms with E-state index in [4.69, 9.17) is 0 Å². The van der Waals surface area contributed by atoms with Gasteiger partial charge >= 0.3 is 0 Å². The third kappa shape index (κ3) is 9.55. The fourth-order valence-electron chi connectivity index (χ4n) is 3.42. The van der Waals surface area contributed by atoms with E-state index in [2.05, 4.69) is 6.92 Å². The monoisotopic (exact) mass is 280 g/mol. The lowest BCUT2D eigenvalue weighted by Crippen LogP contribution is -2.08. The second kappa shape index (κ2) is 12.4. The summed E-state index contributed by atoms with van der Waals surface area (Å²) in [7, 11) is 0. The van der Waals surface area contributed by atoms with Crippen molar-refractivity contribution >= 4 is 5.78 Å². The zero-order valence-corrected chi connectivity index (χ0v) is 13.8. The van der Waals surface area contributed by atoms with Gasteiger partial charge in [-0.25, -0.2) is 0 Å². The lowest BCUT2D eigenvalue weighted by molar-refractivity contribution is -0.119. The van der Waals surface area contributed by atoms with Crippen LogP contribution in [-0.4, -0.2) is 5.78 Å². The van der Waals surface area contributed by atoms with Crippen LogP contribution in [0.1, 0.15) is 110 Å². The molecule has 1 aliphatic rings. The molecule has 0 radical (unpaired) electrons. The smallest absolute Gasteiger partial charge is 0.132 e. The first-order valence-electron chi connectivity index (χ1n) is 9.34. The van der Waals surface area contributed by atoms with Gasteiger partial charge in [0.25, 0.3) is 0 Å². The van der Waals surface area contributed by atoms with E-state index < -0.39 is 0 Å². The van der Waals surface area contributed by atoms with Crippen molar-refractivity contribution in [2.75, 3.05) is 0 Å². The molecule has 0 aliphatic heterocycles. The Labute approximate surface area is 126 Å². The van der Waals surface area contributed by atoms with Gasteiger partial charge in [0.05, 0.1) is 0 Å². The van der Waals surface area contributed by atoms with Crippen molar-refractivity contribution in [1.82, 2.24) is 0 Å². The molecule has 0 unspecified atom stereocenters. The van der Waals surface area contributed by atoms with Crippen molar-refractivity contribution in [3.05, 3.63) is 0 Å². The third-order valence-electron chi connectivity index (χ3n) is 4.87. The maximum atomic E-state index is 11.9. The van der Waals surface area contributed by atoms with Crippen molar-refractivity contribution in [2.24, 2.45) is 5.92 Å². The molecule has 0 saturated heterocycles. The van der Waals surface area contributed by atoms with E-state index in [1.165, 1.54) is 83.5 Å². The van der Waals surface area contributed by atoms with Gasteiger partial charge in [0.1, 0.15) is 5.78 Å². The Hall–Kier alpha value is -0.330. The molecule has 0 aromatic rings. The molecule has 0 atom stereocenters. The summed E-state index contributed by atoms with van der Waals surface area (Å²) in [5.74, 6) is 1.40. The molecule has 20 heavy (non-hydrogen) atoms. The summed E-state index contributed by atoms with van der Waals surface area (Å²) >= 11 is 0. The quantitative estimate of drug-likeness (QED) is 0.376. The fourth-order valence-corrected chi connectivity index (χ4v) is 3.42. The Bertz CT molecular complexity index is 228. The van der Waals surface area contributed by atoms with Gasteiger partial charge in [-0.1, -0.05) is 84.0 Å². The molecular weight excluding hydrogens is 244 g/mol. The number of hydrogen-bond acceptors (Lipinski definition) is 1. The van der Waals surface area contributed by atoms with E-state index in [-0.39, 0.29) is 0 Å². The summed E-state index contributed by atoms with van der Waals surface area (Å²) < 4.78 is 0. The number of unbranched alkanes of at least 4 members (excludes halogenated alkanes) is 7. The van der Waals surface area contributed by atoms with Gasteiger partial charge in [0, 0.05) is 12.8 Å². The molecular formula is C19H36O. The molecule has 1 nitrogen and oxygen atoms in total. The number of ketones is 1. The van der Waals surface area contributed by atoms with Gasteiger partial charge in [0.2, 0.25) is 0 Å². The number of rotatable bonds is 12. The van der Waals surface area contributed by atoms with Crippen molar-refractivity contribution in [2.45, 2.75) is 110 Å². The van der Waals surface area contributed by atoms with Crippen LogP contribution in [0.15, 0.2) is 0 Å². The zero-order chi connectivity index (χ0) is 14.5. The van der Waals surface area contributed by atoms with E-state index in [0.717, 1.165) is 25.2 Å². The van der Waals surface area contributed by atoms with Crippen LogP contribution in [0.3, 0.4) is 0 Å². The normalized spacial score (nSPS) is 16.4. The van der Waals surface area contributed by atoms with E-state index in [0.29, 0.717) is 5.78 Å². The molecule has 1 aliphatic carbocycles. The van der Waals surface area contributed by atoms with Gasteiger partial charge in [0.15, 0.2) is 0 Å². The van der Waals surface area contributed by atoms with Crippen LogP contribution < -0.4 is 0 Å². The van der Waals surface area contributed by atoms with Crippen LogP contribution in [-0.2, 0) is 4.79 Å². The van der Waals surface area contributed by atoms with Gasteiger partial charge in [-0.05, 0) is 18.8 Å². The predicted molar refractivity (Wildman–Crippen MR) is 88.0 cm³/mol. The molecule has 1 rings (SSSR count). The topological polar surface area (TPSA) is 17.1 Å². The molecule has 1 heteroatoms. The number of carbonyl (C=O) groups is 1. The van der Waals surface area contributed by atoms with Crippen molar-refractivity contribution < 1.29 is 4.79 Å². The Balaban J connectivity index is 1.84. The maximum absolute atomic E-state index is 11.9. The van der Waals surface area contributed by atoms with Gasteiger partial charge in [-0.2, -0.15) is 0 Å². The number of carbonyl (C=O) groups excluding carboxylic acids is 1. The minimum absolute atomic E-state index is 0.529. The minimum Gasteiger partial charge on any atom is -0.300 e. The van der Waals surface area contributed by atoms with Crippen LogP contribution in [0.4, 0.5) is 0 Å². The van der Waals surface area contributed by atoms with Crippen LogP contribution in [0.25, 0.3) is 0 Å². The summed E-state index contributed by atoms with van der Waals surface area (Å²) in [6.07, 6.45) is 20.5. The van der Waals surface area contributed by atoms with Crippen LogP contribution in [0.5, 0.6) is 0 Å². The minimum atomic E-state index is 0.529. The zero-order valence-electron chi connectivity index (χ0n) is 13.8. The first-order valence-corrected chi connectivity index (χ1v) is 9.34. The summed E-state index contributed by atoms with van der Waals surface area (Å²) in [4.78, 5) is 11.9. The van der Waals surface area contributed by atoms with Gasteiger partial charge in [-0.15, -0.1) is 0 Å². The van der Waals surface area contributed by atoms with Crippen molar-refractivity contribution in [3.63, 3.8) is 0 Å². The molecule has 0 aromatic heterocycles. The summed E-state index contributed by atoms with van der Waals surface area (Å²) in [6.45, 7) is 2.26. The predicted octanol–water partition coefficient (Wildman–Crippen LogP) is 6.45. The highest BCUT2D eigenvalue weighted by molar-refractivity contribution is 5.78. The van der Waals surface area contributed by atoms with Crippen LogP contribution >= 0.6 is 0 Å². The second-order valence-corrected chi connectivity index (χ2v) is 6.81. The largest absolute Gasteiger partial charge is 0.300 e. The lowest BCUT2D eigenvalue weighted by Gasteiger charge is -2.20. The first kappa shape index (κ1) is 17.7. The SMILES string of the molecule is CCCCCCCCCCC(=O)CCC1CCCCC1. The highest BCUT2D eigenvalue weighted by Gasteiger charge is 2.14. The highest BCUT2D eigenvalue weighted by atomic mass is 16.1. The van der Waals surface area contributed by atoms with Crippen LogP contribution in [0, 0.1) is 5.92 Å². The van der Waals surface area contributed by atoms with Gasteiger partial charge in [-0.3, -0.25) is 4.79 Å². The molecule has 1 fully saturated rings. The molecule has 0 bridgehead atoms. The molecule has 0 N–H and O–H groups in total. The number of hydrogen-bond donors (Lipinski definition) is 0. The van der Waals surface area contributed by atoms with E-state index in [1.54, 1.807) is 0 Å². The Kier molecular flexibility index (Phi) is 11.0. The summed E-state index contributed by atoms with van der Waals surface area (Å²) in [5, 5.41) is 0. The lowest BCUT2D eigenvalue weighted by atomic mass is 9.85. The molecule has 0 aromatic carbocycles. The van der Waals surface area contributed by atoms with Crippen molar-refractivity contribution in [3.8, 4) is 0 Å². The first-order chi connectivity index (χ1) is 9.83. The Morgan fingerprint density at radius 3 is 2.05 bits per heavy atom. The molecule has 0 spiro atoms. The summed E-state index contributed by atoms with van der Waals surface area (Å²) in [6, 6.07) is 0.